The average molecular weight is 786 g/mol. The number of β-lactam (4-membered cyclic amide) rings is 1. The van der Waals surface area contributed by atoms with Gasteiger partial charge in [0, 0.05) is 15.8 Å². The van der Waals surface area contributed by atoms with Crippen LogP contribution in [0.1, 0.15) is 22.0 Å². The molecule has 0 bridgehead atoms. The third-order valence-corrected chi connectivity index (χ3v) is 9.85. The molecule has 1 aromatic heterocycles. The van der Waals surface area contributed by atoms with Crippen molar-refractivity contribution in [2.24, 2.45) is 0 Å². The number of nitrogens with one attached hydrogen (secondary N) is 2. The smallest absolute Gasteiger partial charge is 0.477 e. The van der Waals surface area contributed by atoms with Crippen LogP contribution in [-0.4, -0.2) is 68.7 Å². The van der Waals surface area contributed by atoms with Gasteiger partial charge < -0.3 is 29.6 Å². The lowest BCUT2D eigenvalue weighted by atomic mass is 10.0. The highest BCUT2D eigenvalue weighted by atomic mass is 79.9. The van der Waals surface area contributed by atoms with E-state index in [1.807, 2.05) is 0 Å². The number of carboxylic acids is 1. The van der Waals surface area contributed by atoms with Crippen LogP contribution in [0.25, 0.3) is 16.7 Å². The molecule has 0 spiro atoms. The Labute approximate surface area is 297 Å². The average Bonchev–Trinajstić information content (AvgIpc) is 3.10. The fourth-order valence-electron chi connectivity index (χ4n) is 5.36. The van der Waals surface area contributed by atoms with Gasteiger partial charge in [-0.3, -0.25) is 24.1 Å². The highest BCUT2D eigenvalue weighted by Crippen LogP contribution is 2.41. The zero-order valence-electron chi connectivity index (χ0n) is 25.4. The van der Waals surface area contributed by atoms with Crippen molar-refractivity contribution < 1.29 is 43.0 Å². The Hall–Kier alpha value is -5.39. The number of fused-ring (bicyclic) bond motifs is 2. The van der Waals surface area contributed by atoms with Crippen LogP contribution in [0.3, 0.4) is 0 Å². The molecule has 3 N–H and O–H groups in total. The maximum atomic E-state index is 13.7. The molecule has 2 aliphatic rings. The number of hydrogen-bond donors (Lipinski definition) is 3. The van der Waals surface area contributed by atoms with Crippen LogP contribution in [0.4, 0.5) is 4.79 Å². The number of halogens is 2. The van der Waals surface area contributed by atoms with Crippen LogP contribution in [-0.2, 0) is 19.1 Å². The highest BCUT2D eigenvalue weighted by Gasteiger charge is 2.54. The van der Waals surface area contributed by atoms with Crippen molar-refractivity contribution in [3.05, 3.63) is 114 Å². The van der Waals surface area contributed by atoms with E-state index in [4.69, 9.17) is 20.8 Å². The van der Waals surface area contributed by atoms with Crippen molar-refractivity contribution in [3.63, 3.8) is 0 Å². The Kier molecular flexibility index (Phi) is 9.55. The van der Waals surface area contributed by atoms with Crippen molar-refractivity contribution in [2.45, 2.75) is 17.5 Å². The van der Waals surface area contributed by atoms with E-state index < -0.39 is 58.6 Å². The van der Waals surface area contributed by atoms with Gasteiger partial charge in [0.05, 0.1) is 23.2 Å². The Morgan fingerprint density at radius 1 is 1.06 bits per heavy atom. The lowest BCUT2D eigenvalue weighted by Crippen LogP contribution is -2.71. The number of hydrogen-bond acceptors (Lipinski definition) is 11. The van der Waals surface area contributed by atoms with E-state index in [0.29, 0.717) is 14.6 Å². The van der Waals surface area contributed by atoms with E-state index >= 15 is 0 Å². The Morgan fingerprint density at radius 2 is 1.80 bits per heavy atom. The van der Waals surface area contributed by atoms with Crippen LogP contribution in [0.5, 0.6) is 5.75 Å². The lowest BCUT2D eigenvalue weighted by molar-refractivity contribution is -0.150. The minimum atomic E-state index is -1.37. The number of aromatic nitrogens is 1. The molecule has 6 rings (SSSR count). The Bertz CT molecular complexity index is 2260. The highest BCUT2D eigenvalue weighted by molar-refractivity contribution is 9.10. The first-order valence-corrected chi connectivity index (χ1v) is 16.6. The molecule has 256 valence electrons. The fourth-order valence-corrected chi connectivity index (χ4v) is 7.35. The van der Waals surface area contributed by atoms with Gasteiger partial charge in [-0.1, -0.05) is 63.9 Å². The van der Waals surface area contributed by atoms with Crippen molar-refractivity contribution in [1.82, 2.24) is 20.1 Å². The summed E-state index contributed by atoms with van der Waals surface area (Å²) in [7, 11) is 1.08. The number of carbonyl (C=O) groups is 5. The number of aliphatic carboxylic acids is 1. The van der Waals surface area contributed by atoms with Gasteiger partial charge in [0.25, 0.3) is 17.4 Å². The molecule has 0 saturated carbocycles. The Balaban J connectivity index is 1.28. The number of nitrogens with zero attached hydrogens (tertiary/aromatic N) is 2. The van der Waals surface area contributed by atoms with Gasteiger partial charge in [-0.25, -0.2) is 19.0 Å². The summed E-state index contributed by atoms with van der Waals surface area (Å²) in [5.74, 6) is -4.85. The first-order valence-electron chi connectivity index (χ1n) is 14.4. The van der Waals surface area contributed by atoms with E-state index in [-0.39, 0.29) is 44.5 Å². The number of thioether (sulfide) groups is 1. The zero-order chi connectivity index (χ0) is 35.9. The standard InChI is InChI=1S/C32H22BrClN4O11S/c1-47-32(46)48-20-12-16(33)11-18-24(20)49-31(45)37(27(18)41)17-9-5-8-15(10-17)25(39)35-21(14-6-3-2-4-7-14)26(40)36-22-28(42)38-23(30(43)44)19(34)13-50-29(22)38/h2-12,21-22,29H,13H2,1H3,(H,35,39)(H,36,40)(H,43,44)/t21-,22-,29?/m1/s1. The molecule has 0 aliphatic carbocycles. The van der Waals surface area contributed by atoms with E-state index in [9.17, 15) is 38.7 Å². The molecule has 15 nitrogen and oxygen atoms in total. The van der Waals surface area contributed by atoms with Gasteiger partial charge >= 0.3 is 17.9 Å². The summed E-state index contributed by atoms with van der Waals surface area (Å²) in [6.45, 7) is 0. The van der Waals surface area contributed by atoms with Gasteiger partial charge in [0.15, 0.2) is 11.3 Å². The minimum absolute atomic E-state index is 0.00228. The van der Waals surface area contributed by atoms with E-state index in [1.54, 1.807) is 30.3 Å². The summed E-state index contributed by atoms with van der Waals surface area (Å²) in [6, 6.07) is 13.8. The zero-order valence-corrected chi connectivity index (χ0v) is 28.5. The fraction of sp³-hybridized carbons (Fsp3) is 0.156. The predicted octanol–water partition coefficient (Wildman–Crippen LogP) is 3.26. The Morgan fingerprint density at radius 3 is 2.50 bits per heavy atom. The summed E-state index contributed by atoms with van der Waals surface area (Å²) < 4.78 is 15.9. The molecule has 3 aromatic carbocycles. The van der Waals surface area contributed by atoms with Crippen LogP contribution in [0.15, 0.2) is 95.9 Å². The van der Waals surface area contributed by atoms with Crippen LogP contribution >= 0.6 is 39.3 Å². The number of amides is 3. The van der Waals surface area contributed by atoms with Crippen molar-refractivity contribution >= 4 is 80.1 Å². The van der Waals surface area contributed by atoms with Crippen LogP contribution < -0.4 is 26.7 Å². The first kappa shape index (κ1) is 34.5. The van der Waals surface area contributed by atoms with Crippen molar-refractivity contribution in [3.8, 4) is 11.4 Å². The number of carboxylic acid groups (broad SMARTS) is 1. The molecule has 1 saturated heterocycles. The third kappa shape index (κ3) is 6.37. The molecule has 1 fully saturated rings. The summed E-state index contributed by atoms with van der Waals surface area (Å²) in [6.07, 6.45) is -1.11. The van der Waals surface area contributed by atoms with Gasteiger partial charge in [-0.05, 0) is 35.9 Å². The molecule has 3 atom stereocenters. The molecule has 50 heavy (non-hydrogen) atoms. The number of rotatable bonds is 8. The van der Waals surface area contributed by atoms with E-state index in [0.717, 1.165) is 12.0 Å². The number of carbonyl (C=O) groups excluding carboxylic acids is 4. The molecule has 0 radical (unpaired) electrons. The summed E-state index contributed by atoms with van der Waals surface area (Å²) in [4.78, 5) is 91.4. The molecule has 3 heterocycles. The van der Waals surface area contributed by atoms with Crippen molar-refractivity contribution in [2.75, 3.05) is 12.9 Å². The second kappa shape index (κ2) is 13.9. The number of ether oxygens (including phenoxy) is 2. The van der Waals surface area contributed by atoms with Gasteiger partial charge in [0.2, 0.25) is 5.91 Å². The first-order chi connectivity index (χ1) is 23.9. The maximum absolute atomic E-state index is 13.7. The second-order valence-corrected chi connectivity index (χ2v) is 13.1. The van der Waals surface area contributed by atoms with E-state index in [1.165, 1.54) is 48.2 Å². The second-order valence-electron chi connectivity index (χ2n) is 10.7. The molecule has 3 amide bonds. The quantitative estimate of drug-likeness (QED) is 0.134. The lowest BCUT2D eigenvalue weighted by Gasteiger charge is -2.49. The molecular weight excluding hydrogens is 764 g/mol. The van der Waals surface area contributed by atoms with E-state index in [2.05, 4.69) is 31.3 Å². The molecule has 18 heteroatoms. The molecule has 4 aromatic rings. The molecule has 2 aliphatic heterocycles. The van der Waals surface area contributed by atoms with Crippen LogP contribution in [0.2, 0.25) is 0 Å². The number of benzene rings is 3. The van der Waals surface area contributed by atoms with Gasteiger partial charge in [0.1, 0.15) is 23.2 Å². The number of methoxy groups -OCH3 is 1. The normalized spacial score (nSPS) is 17.3. The predicted molar refractivity (Wildman–Crippen MR) is 181 cm³/mol. The minimum Gasteiger partial charge on any atom is -0.477 e. The summed E-state index contributed by atoms with van der Waals surface area (Å²) >= 11 is 10.5. The molecule has 1 unspecified atom stereocenters. The maximum Gasteiger partial charge on any atom is 0.513 e. The third-order valence-electron chi connectivity index (χ3n) is 7.64. The van der Waals surface area contributed by atoms with Crippen molar-refractivity contribution in [1.29, 1.82) is 0 Å². The topological polar surface area (TPSA) is 204 Å². The summed E-state index contributed by atoms with van der Waals surface area (Å²) in [5, 5.41) is 13.9. The van der Waals surface area contributed by atoms with Gasteiger partial charge in [-0.15, -0.1) is 11.8 Å². The van der Waals surface area contributed by atoms with Gasteiger partial charge in [-0.2, -0.15) is 0 Å². The monoisotopic (exact) mass is 784 g/mol. The summed E-state index contributed by atoms with van der Waals surface area (Å²) in [5.41, 5.74) is -1.25. The molecular formula is C32H22BrClN4O11S. The largest absolute Gasteiger partial charge is 0.513 e. The SMILES string of the molecule is COC(=O)Oc1cc(Br)cc2c(=O)n(-c3cccc(C(=O)N[C@@H](C(=O)N[C@@H]4C(=O)N5C(C(=O)O)=C(Cl)CSC45)c4ccccc4)c3)c(=O)oc12. The van der Waals surface area contributed by atoms with Crippen LogP contribution in [0, 0.1) is 0 Å².